The van der Waals surface area contributed by atoms with Gasteiger partial charge in [-0.1, -0.05) is 0 Å². The van der Waals surface area contributed by atoms with Crippen LogP contribution in [0.15, 0.2) is 72.8 Å². The van der Waals surface area contributed by atoms with E-state index in [4.69, 9.17) is 14.2 Å². The largest absolute Gasteiger partial charge is 0.450 e. The van der Waals surface area contributed by atoms with Gasteiger partial charge in [0.1, 0.15) is 17.2 Å². The summed E-state index contributed by atoms with van der Waals surface area (Å²) in [5, 5.41) is 68.0. The molecular formula is C24H12N6O15. The Bertz CT molecular complexity index is 1700. The molecule has 0 aliphatic heterocycles. The lowest BCUT2D eigenvalue weighted by molar-refractivity contribution is -0.394. The van der Waals surface area contributed by atoms with Crippen LogP contribution in [0, 0.1) is 60.7 Å². The summed E-state index contributed by atoms with van der Waals surface area (Å²) in [6, 6.07) is 10.4. The Morgan fingerprint density at radius 2 is 0.600 bits per heavy atom. The molecule has 0 heterocycles. The van der Waals surface area contributed by atoms with E-state index < -0.39 is 80.9 Å². The molecule has 0 amide bonds. The molecule has 228 valence electrons. The summed E-state index contributed by atoms with van der Waals surface area (Å²) >= 11 is 0. The van der Waals surface area contributed by atoms with Crippen LogP contribution in [0.1, 0.15) is 0 Å². The number of nitro groups is 6. The van der Waals surface area contributed by atoms with Gasteiger partial charge in [-0.3, -0.25) is 60.7 Å². The minimum absolute atomic E-state index is 0.353. The van der Waals surface area contributed by atoms with E-state index >= 15 is 0 Å². The molecule has 21 heteroatoms. The first-order valence-corrected chi connectivity index (χ1v) is 11.7. The summed E-state index contributed by atoms with van der Waals surface area (Å²) in [5.41, 5.74) is -4.41. The second-order valence-electron chi connectivity index (χ2n) is 8.45. The number of non-ortho nitro benzene ring substituents is 3. The molecular weight excluding hydrogens is 612 g/mol. The molecule has 0 bridgehead atoms. The van der Waals surface area contributed by atoms with Gasteiger partial charge in [-0.05, 0) is 18.2 Å². The van der Waals surface area contributed by atoms with Gasteiger partial charge >= 0.3 is 17.1 Å². The number of benzene rings is 4. The smallest absolute Gasteiger partial charge is 0.318 e. The zero-order chi connectivity index (χ0) is 33.0. The van der Waals surface area contributed by atoms with Crippen LogP contribution in [0.2, 0.25) is 0 Å². The third-order valence-electron chi connectivity index (χ3n) is 5.59. The van der Waals surface area contributed by atoms with Crippen molar-refractivity contribution in [1.82, 2.24) is 0 Å². The average Bonchev–Trinajstić information content (AvgIpc) is 2.97. The second-order valence-corrected chi connectivity index (χ2v) is 8.45. The fraction of sp³-hybridized carbons (Fsp3) is 0. The predicted molar refractivity (Wildman–Crippen MR) is 146 cm³/mol. The Morgan fingerprint density at radius 1 is 0.356 bits per heavy atom. The summed E-state index contributed by atoms with van der Waals surface area (Å²) in [6.45, 7) is 0. The van der Waals surface area contributed by atoms with Crippen molar-refractivity contribution in [2.75, 3.05) is 0 Å². The highest BCUT2D eigenvalue weighted by Gasteiger charge is 2.25. The van der Waals surface area contributed by atoms with E-state index in [2.05, 4.69) is 0 Å². The SMILES string of the molecule is O=[N+]([O-])c1ccc(Oc2cc(Oc3ccc([N+](=O)[O-])cc3[N+](=O)[O-])cc(Oc3ccc([N+](=O)[O-])cc3[N+](=O)[O-])c2)c([N+](=O)[O-])c1. The van der Waals surface area contributed by atoms with Crippen LogP contribution in [-0.2, 0) is 0 Å². The van der Waals surface area contributed by atoms with Crippen molar-refractivity contribution in [3.8, 4) is 34.5 Å². The van der Waals surface area contributed by atoms with Gasteiger partial charge in [0, 0.05) is 36.4 Å². The van der Waals surface area contributed by atoms with E-state index in [1.807, 2.05) is 0 Å². The zero-order valence-corrected chi connectivity index (χ0v) is 21.7. The molecule has 0 aliphatic rings. The van der Waals surface area contributed by atoms with Crippen LogP contribution in [0.3, 0.4) is 0 Å². The van der Waals surface area contributed by atoms with Gasteiger partial charge in [-0.15, -0.1) is 0 Å². The molecule has 0 radical (unpaired) electrons. The number of hydrogen-bond donors (Lipinski definition) is 0. The molecule has 45 heavy (non-hydrogen) atoms. The molecule has 21 nitrogen and oxygen atoms in total. The Balaban J connectivity index is 1.83. The third-order valence-corrected chi connectivity index (χ3v) is 5.59. The molecule has 0 atom stereocenters. The van der Waals surface area contributed by atoms with Crippen molar-refractivity contribution in [3.05, 3.63) is 133 Å². The lowest BCUT2D eigenvalue weighted by Gasteiger charge is -2.13. The third kappa shape index (κ3) is 6.95. The van der Waals surface area contributed by atoms with Crippen molar-refractivity contribution in [3.63, 3.8) is 0 Å². The van der Waals surface area contributed by atoms with Gasteiger partial charge < -0.3 is 14.2 Å². The Kier molecular flexibility index (Phi) is 8.36. The summed E-state index contributed by atoms with van der Waals surface area (Å²) in [7, 11) is 0. The van der Waals surface area contributed by atoms with E-state index in [1.54, 1.807) is 0 Å². The maximum Gasteiger partial charge on any atom is 0.318 e. The monoisotopic (exact) mass is 624 g/mol. The highest BCUT2D eigenvalue weighted by Crippen LogP contribution is 2.42. The minimum atomic E-state index is -0.972. The molecule has 0 unspecified atom stereocenters. The number of hydrogen-bond acceptors (Lipinski definition) is 15. The van der Waals surface area contributed by atoms with Crippen molar-refractivity contribution in [2.24, 2.45) is 0 Å². The summed E-state index contributed by atoms with van der Waals surface area (Å²) in [6.07, 6.45) is 0. The van der Waals surface area contributed by atoms with Crippen LogP contribution < -0.4 is 14.2 Å². The van der Waals surface area contributed by atoms with Crippen molar-refractivity contribution in [2.45, 2.75) is 0 Å². The highest BCUT2D eigenvalue weighted by molar-refractivity contribution is 5.59. The maximum absolute atomic E-state index is 11.6. The summed E-state index contributed by atoms with van der Waals surface area (Å²) in [4.78, 5) is 62.5. The normalized spacial score (nSPS) is 10.4. The van der Waals surface area contributed by atoms with Gasteiger partial charge in [0.2, 0.25) is 17.2 Å². The average molecular weight is 624 g/mol. The van der Waals surface area contributed by atoms with Crippen LogP contribution in [0.4, 0.5) is 34.1 Å². The molecule has 0 N–H and O–H groups in total. The standard InChI is InChI=1S/C24H12N6O15/c31-25(32)13-1-4-22(19(7-13)28(37)38)43-16-10-17(44-23-5-2-14(26(33)34)8-20(23)29(39)40)12-18(11-16)45-24-6-3-15(27(35)36)9-21(24)30(41)42/h1-12H. The molecule has 0 saturated heterocycles. The number of ether oxygens (including phenoxy) is 3. The van der Waals surface area contributed by atoms with Crippen LogP contribution in [0.25, 0.3) is 0 Å². The molecule has 4 aromatic rings. The molecule has 0 spiro atoms. The van der Waals surface area contributed by atoms with Crippen molar-refractivity contribution >= 4 is 34.1 Å². The number of nitrogens with zero attached hydrogens (tertiary/aromatic N) is 6. The fourth-order valence-corrected chi connectivity index (χ4v) is 3.65. The Labute approximate surface area is 246 Å². The summed E-state index contributed by atoms with van der Waals surface area (Å²) in [5.74, 6) is -2.61. The Morgan fingerprint density at radius 3 is 0.800 bits per heavy atom. The van der Waals surface area contributed by atoms with Gasteiger partial charge in [0.15, 0.2) is 0 Å². The van der Waals surface area contributed by atoms with Crippen LogP contribution in [0.5, 0.6) is 34.5 Å². The topological polar surface area (TPSA) is 287 Å². The van der Waals surface area contributed by atoms with Crippen LogP contribution in [-0.4, -0.2) is 29.5 Å². The first-order chi connectivity index (χ1) is 21.2. The fourth-order valence-electron chi connectivity index (χ4n) is 3.65. The number of rotatable bonds is 12. The maximum atomic E-state index is 11.6. The molecule has 0 saturated carbocycles. The van der Waals surface area contributed by atoms with E-state index in [0.29, 0.717) is 18.2 Å². The summed E-state index contributed by atoms with van der Waals surface area (Å²) < 4.78 is 16.6. The van der Waals surface area contributed by atoms with E-state index in [9.17, 15) is 60.7 Å². The van der Waals surface area contributed by atoms with Gasteiger partial charge in [0.05, 0.1) is 47.7 Å². The van der Waals surface area contributed by atoms with Crippen molar-refractivity contribution in [1.29, 1.82) is 0 Å². The van der Waals surface area contributed by atoms with E-state index in [1.165, 1.54) is 0 Å². The molecule has 0 fully saturated rings. The first kappa shape index (κ1) is 30.6. The van der Waals surface area contributed by atoms with Crippen LogP contribution >= 0.6 is 0 Å². The van der Waals surface area contributed by atoms with Crippen molar-refractivity contribution < 1.29 is 43.8 Å². The first-order valence-electron chi connectivity index (χ1n) is 11.7. The van der Waals surface area contributed by atoms with Gasteiger partial charge in [0.25, 0.3) is 17.1 Å². The zero-order valence-electron chi connectivity index (χ0n) is 21.7. The molecule has 4 rings (SSSR count). The predicted octanol–water partition coefficient (Wildman–Crippen LogP) is 6.51. The van der Waals surface area contributed by atoms with Gasteiger partial charge in [-0.2, -0.15) is 0 Å². The lowest BCUT2D eigenvalue weighted by Crippen LogP contribution is -1.99. The van der Waals surface area contributed by atoms with Gasteiger partial charge in [-0.25, -0.2) is 0 Å². The quantitative estimate of drug-likeness (QED) is 0.120. The highest BCUT2D eigenvalue weighted by atomic mass is 16.7. The minimum Gasteiger partial charge on any atom is -0.450 e. The van der Waals surface area contributed by atoms with E-state index in [0.717, 1.165) is 54.6 Å². The Hall–Kier alpha value is -7.32. The lowest BCUT2D eigenvalue weighted by atomic mass is 10.2. The molecule has 0 aliphatic carbocycles. The molecule has 0 aromatic heterocycles. The number of nitro benzene ring substituents is 6. The van der Waals surface area contributed by atoms with E-state index in [-0.39, 0.29) is 17.2 Å². The molecule has 4 aromatic carbocycles. The second kappa shape index (κ2) is 12.3.